The highest BCUT2D eigenvalue weighted by Crippen LogP contribution is 2.00. The van der Waals surface area contributed by atoms with Crippen LogP contribution in [0, 0.1) is 0 Å². The van der Waals surface area contributed by atoms with Crippen LogP contribution in [0.25, 0.3) is 0 Å². The standard InChI is InChI=1S/C10H12N4O2/c1-2-14-7-12-13-9(14)5-11-10(15)8-3-4-16-6-8/h3-4,6-7H,2,5H2,1H3,(H,11,15). The first-order valence-electron chi connectivity index (χ1n) is 4.98. The van der Waals surface area contributed by atoms with E-state index in [0.29, 0.717) is 12.1 Å². The lowest BCUT2D eigenvalue weighted by Crippen LogP contribution is -2.24. The molecule has 0 aliphatic rings. The third-order valence-corrected chi connectivity index (χ3v) is 2.23. The van der Waals surface area contributed by atoms with Gasteiger partial charge in [0.05, 0.1) is 18.4 Å². The van der Waals surface area contributed by atoms with Crippen molar-refractivity contribution in [3.8, 4) is 0 Å². The first-order valence-corrected chi connectivity index (χ1v) is 4.98. The molecule has 0 atom stereocenters. The predicted octanol–water partition coefficient (Wildman–Crippen LogP) is 0.821. The predicted molar refractivity (Wildman–Crippen MR) is 55.6 cm³/mol. The van der Waals surface area contributed by atoms with Crippen molar-refractivity contribution < 1.29 is 9.21 Å². The summed E-state index contributed by atoms with van der Waals surface area (Å²) in [5.41, 5.74) is 0.502. The molecule has 0 aliphatic carbocycles. The number of aryl methyl sites for hydroxylation is 1. The van der Waals surface area contributed by atoms with E-state index in [1.165, 1.54) is 12.5 Å². The van der Waals surface area contributed by atoms with Gasteiger partial charge in [-0.05, 0) is 13.0 Å². The van der Waals surface area contributed by atoms with Gasteiger partial charge >= 0.3 is 0 Å². The lowest BCUT2D eigenvalue weighted by molar-refractivity contribution is 0.0949. The number of furan rings is 1. The summed E-state index contributed by atoms with van der Waals surface area (Å²) in [6.45, 7) is 3.13. The molecule has 0 unspecified atom stereocenters. The van der Waals surface area contributed by atoms with Crippen LogP contribution in [0.5, 0.6) is 0 Å². The van der Waals surface area contributed by atoms with Crippen LogP contribution in [-0.4, -0.2) is 20.7 Å². The molecular weight excluding hydrogens is 208 g/mol. The minimum atomic E-state index is -0.181. The largest absolute Gasteiger partial charge is 0.472 e. The SMILES string of the molecule is CCn1cnnc1CNC(=O)c1ccoc1. The molecule has 1 amide bonds. The molecule has 0 saturated carbocycles. The second kappa shape index (κ2) is 4.61. The van der Waals surface area contributed by atoms with Gasteiger partial charge in [0.1, 0.15) is 12.6 Å². The molecule has 84 valence electrons. The smallest absolute Gasteiger partial charge is 0.254 e. The summed E-state index contributed by atoms with van der Waals surface area (Å²) in [7, 11) is 0. The molecule has 2 heterocycles. The lowest BCUT2D eigenvalue weighted by Gasteiger charge is -2.04. The minimum absolute atomic E-state index is 0.181. The van der Waals surface area contributed by atoms with Crippen LogP contribution in [0.4, 0.5) is 0 Å². The Morgan fingerprint density at radius 3 is 3.19 bits per heavy atom. The molecule has 2 aromatic rings. The van der Waals surface area contributed by atoms with Gasteiger partial charge in [-0.25, -0.2) is 0 Å². The molecule has 0 bridgehead atoms. The molecule has 0 aromatic carbocycles. The number of hydrogen-bond acceptors (Lipinski definition) is 4. The van der Waals surface area contributed by atoms with E-state index >= 15 is 0 Å². The molecule has 0 spiro atoms. The van der Waals surface area contributed by atoms with Crippen molar-refractivity contribution in [1.82, 2.24) is 20.1 Å². The number of nitrogens with zero attached hydrogens (tertiary/aromatic N) is 3. The summed E-state index contributed by atoms with van der Waals surface area (Å²) >= 11 is 0. The highest BCUT2D eigenvalue weighted by atomic mass is 16.3. The second-order valence-corrected chi connectivity index (χ2v) is 3.23. The maximum absolute atomic E-state index is 11.6. The molecule has 6 nitrogen and oxygen atoms in total. The van der Waals surface area contributed by atoms with Gasteiger partial charge in [0.25, 0.3) is 5.91 Å². The maximum Gasteiger partial charge on any atom is 0.254 e. The second-order valence-electron chi connectivity index (χ2n) is 3.23. The van der Waals surface area contributed by atoms with Gasteiger partial charge in [0.15, 0.2) is 5.82 Å². The van der Waals surface area contributed by atoms with Crippen molar-refractivity contribution in [2.45, 2.75) is 20.0 Å². The maximum atomic E-state index is 11.6. The minimum Gasteiger partial charge on any atom is -0.472 e. The van der Waals surface area contributed by atoms with Crippen molar-refractivity contribution in [2.24, 2.45) is 0 Å². The fraction of sp³-hybridized carbons (Fsp3) is 0.300. The van der Waals surface area contributed by atoms with Gasteiger partial charge in [-0.3, -0.25) is 4.79 Å². The Balaban J connectivity index is 1.95. The monoisotopic (exact) mass is 220 g/mol. The van der Waals surface area contributed by atoms with Gasteiger partial charge in [-0.15, -0.1) is 10.2 Å². The summed E-state index contributed by atoms with van der Waals surface area (Å²) in [4.78, 5) is 11.6. The zero-order valence-electron chi connectivity index (χ0n) is 8.88. The van der Waals surface area contributed by atoms with E-state index in [2.05, 4.69) is 15.5 Å². The fourth-order valence-corrected chi connectivity index (χ4v) is 1.34. The molecular formula is C10H12N4O2. The Morgan fingerprint density at radius 2 is 2.50 bits per heavy atom. The van der Waals surface area contributed by atoms with E-state index in [1.807, 2.05) is 11.5 Å². The highest BCUT2D eigenvalue weighted by Gasteiger charge is 2.08. The Morgan fingerprint density at radius 1 is 1.62 bits per heavy atom. The van der Waals surface area contributed by atoms with Gasteiger partial charge in [-0.1, -0.05) is 0 Å². The number of rotatable bonds is 4. The summed E-state index contributed by atoms with van der Waals surface area (Å²) in [6.07, 6.45) is 4.50. The number of carbonyl (C=O) groups is 1. The van der Waals surface area contributed by atoms with Crippen LogP contribution in [0.1, 0.15) is 23.1 Å². The Bertz CT molecular complexity index is 461. The highest BCUT2D eigenvalue weighted by molar-refractivity contribution is 5.93. The van der Waals surface area contributed by atoms with Crippen molar-refractivity contribution in [3.63, 3.8) is 0 Å². The third-order valence-electron chi connectivity index (χ3n) is 2.23. The molecule has 0 radical (unpaired) electrons. The van der Waals surface area contributed by atoms with E-state index in [-0.39, 0.29) is 5.91 Å². The number of amides is 1. The average molecular weight is 220 g/mol. The summed E-state index contributed by atoms with van der Waals surface area (Å²) < 4.78 is 6.69. The van der Waals surface area contributed by atoms with E-state index < -0.39 is 0 Å². The van der Waals surface area contributed by atoms with Crippen LogP contribution in [0.2, 0.25) is 0 Å². The average Bonchev–Trinajstić information content (AvgIpc) is 2.96. The topological polar surface area (TPSA) is 73.0 Å². The van der Waals surface area contributed by atoms with Crippen molar-refractivity contribution in [3.05, 3.63) is 36.3 Å². The Labute approximate surface area is 92.3 Å². The number of carbonyl (C=O) groups excluding carboxylic acids is 1. The number of hydrogen-bond donors (Lipinski definition) is 1. The van der Waals surface area contributed by atoms with E-state index in [4.69, 9.17) is 4.42 Å². The van der Waals surface area contributed by atoms with Crippen LogP contribution < -0.4 is 5.32 Å². The molecule has 1 N–H and O–H groups in total. The quantitative estimate of drug-likeness (QED) is 0.827. The molecule has 2 rings (SSSR count). The fourth-order valence-electron chi connectivity index (χ4n) is 1.34. The number of nitrogens with one attached hydrogen (secondary N) is 1. The van der Waals surface area contributed by atoms with E-state index in [0.717, 1.165) is 12.4 Å². The van der Waals surface area contributed by atoms with Gasteiger partial charge in [-0.2, -0.15) is 0 Å². The summed E-state index contributed by atoms with van der Waals surface area (Å²) in [5.74, 6) is 0.554. The molecule has 2 aromatic heterocycles. The van der Waals surface area contributed by atoms with Crippen molar-refractivity contribution in [2.75, 3.05) is 0 Å². The zero-order chi connectivity index (χ0) is 11.4. The zero-order valence-corrected chi connectivity index (χ0v) is 8.88. The van der Waals surface area contributed by atoms with Crippen LogP contribution in [-0.2, 0) is 13.1 Å². The van der Waals surface area contributed by atoms with Crippen molar-refractivity contribution in [1.29, 1.82) is 0 Å². The normalized spacial score (nSPS) is 10.3. The number of aromatic nitrogens is 3. The Hall–Kier alpha value is -2.11. The molecule has 0 saturated heterocycles. The van der Waals surface area contributed by atoms with Gasteiger partial charge < -0.3 is 14.3 Å². The molecule has 16 heavy (non-hydrogen) atoms. The summed E-state index contributed by atoms with van der Waals surface area (Å²) in [5, 5.41) is 10.4. The molecule has 6 heteroatoms. The van der Waals surface area contributed by atoms with Crippen LogP contribution in [0.3, 0.4) is 0 Å². The lowest BCUT2D eigenvalue weighted by atomic mass is 10.3. The van der Waals surface area contributed by atoms with Gasteiger partial charge in [0.2, 0.25) is 0 Å². The van der Waals surface area contributed by atoms with Crippen LogP contribution >= 0.6 is 0 Å². The van der Waals surface area contributed by atoms with Gasteiger partial charge in [0, 0.05) is 6.54 Å². The van der Waals surface area contributed by atoms with Crippen LogP contribution in [0.15, 0.2) is 29.3 Å². The first kappa shape index (κ1) is 10.4. The van der Waals surface area contributed by atoms with E-state index in [9.17, 15) is 4.79 Å². The third kappa shape index (κ3) is 2.10. The van der Waals surface area contributed by atoms with Crippen molar-refractivity contribution >= 4 is 5.91 Å². The summed E-state index contributed by atoms with van der Waals surface area (Å²) in [6, 6.07) is 1.61. The Kier molecular flexibility index (Phi) is 3.00. The molecule has 0 aliphatic heterocycles. The first-order chi connectivity index (χ1) is 7.81. The van der Waals surface area contributed by atoms with E-state index in [1.54, 1.807) is 12.4 Å². The molecule has 0 fully saturated rings.